The summed E-state index contributed by atoms with van der Waals surface area (Å²) in [6, 6.07) is -0.940. The van der Waals surface area contributed by atoms with E-state index in [-0.39, 0.29) is 18.6 Å². The van der Waals surface area contributed by atoms with Crippen LogP contribution in [0.4, 0.5) is 0 Å². The standard InChI is InChI=1S/C15H28N2O3/c1-4-20-15(19)13(16)14(18)17(10-9-11(2)3)12-7-5-6-8-12/h11-13H,4-10,16H2,1-3H3. The molecule has 2 N–H and O–H groups in total. The third-order valence-electron chi connectivity index (χ3n) is 3.80. The van der Waals surface area contributed by atoms with Crippen molar-refractivity contribution in [1.82, 2.24) is 4.90 Å². The first kappa shape index (κ1) is 17.0. The zero-order valence-corrected chi connectivity index (χ0v) is 12.9. The molecule has 0 spiro atoms. The molecule has 1 rings (SSSR count). The highest BCUT2D eigenvalue weighted by Crippen LogP contribution is 2.24. The fourth-order valence-electron chi connectivity index (χ4n) is 2.60. The van der Waals surface area contributed by atoms with Crippen molar-refractivity contribution in [3.63, 3.8) is 0 Å². The molecule has 1 fully saturated rings. The maximum absolute atomic E-state index is 12.5. The molecule has 20 heavy (non-hydrogen) atoms. The summed E-state index contributed by atoms with van der Waals surface area (Å²) in [6.45, 7) is 6.89. The fourth-order valence-corrected chi connectivity index (χ4v) is 2.60. The van der Waals surface area contributed by atoms with Crippen molar-refractivity contribution < 1.29 is 14.3 Å². The summed E-state index contributed by atoms with van der Waals surface area (Å²) in [5, 5.41) is 0. The Bertz CT molecular complexity index is 325. The van der Waals surface area contributed by atoms with Gasteiger partial charge in [-0.3, -0.25) is 4.79 Å². The van der Waals surface area contributed by atoms with Gasteiger partial charge in [0.15, 0.2) is 6.04 Å². The van der Waals surface area contributed by atoms with Gasteiger partial charge < -0.3 is 15.4 Å². The molecule has 1 atom stereocenters. The topological polar surface area (TPSA) is 72.6 Å². The van der Waals surface area contributed by atoms with E-state index in [0.717, 1.165) is 32.1 Å². The second-order valence-corrected chi connectivity index (χ2v) is 5.88. The molecule has 0 aromatic carbocycles. The lowest BCUT2D eigenvalue weighted by atomic mass is 10.1. The second kappa shape index (κ2) is 8.25. The predicted octanol–water partition coefficient (Wildman–Crippen LogP) is 1.69. The Balaban J connectivity index is 2.69. The van der Waals surface area contributed by atoms with Crippen molar-refractivity contribution in [2.75, 3.05) is 13.2 Å². The van der Waals surface area contributed by atoms with Crippen LogP contribution in [0.2, 0.25) is 0 Å². The SMILES string of the molecule is CCOC(=O)C(N)C(=O)N(CCC(C)C)C1CCCC1. The molecule has 1 aliphatic carbocycles. The quantitative estimate of drug-likeness (QED) is 0.570. The van der Waals surface area contributed by atoms with E-state index < -0.39 is 12.0 Å². The van der Waals surface area contributed by atoms with Gasteiger partial charge in [0.1, 0.15) is 0 Å². The lowest BCUT2D eigenvalue weighted by Crippen LogP contribution is -2.52. The molecular formula is C15H28N2O3. The van der Waals surface area contributed by atoms with Gasteiger partial charge in [0.25, 0.3) is 5.91 Å². The first-order valence-electron chi connectivity index (χ1n) is 7.70. The number of ether oxygens (including phenoxy) is 1. The normalized spacial score (nSPS) is 17.2. The Hall–Kier alpha value is -1.10. The Kier molecular flexibility index (Phi) is 6.99. The van der Waals surface area contributed by atoms with Gasteiger partial charge >= 0.3 is 5.97 Å². The molecule has 0 aromatic heterocycles. The minimum Gasteiger partial charge on any atom is -0.464 e. The maximum Gasteiger partial charge on any atom is 0.332 e. The lowest BCUT2D eigenvalue weighted by Gasteiger charge is -2.31. The number of amides is 1. The average Bonchev–Trinajstić information content (AvgIpc) is 2.91. The van der Waals surface area contributed by atoms with E-state index in [1.807, 2.05) is 4.90 Å². The van der Waals surface area contributed by atoms with Crippen LogP contribution in [-0.4, -0.2) is 42.0 Å². The summed E-state index contributed by atoms with van der Waals surface area (Å²) < 4.78 is 4.85. The first-order valence-corrected chi connectivity index (χ1v) is 7.70. The molecule has 0 bridgehead atoms. The van der Waals surface area contributed by atoms with Crippen molar-refractivity contribution in [2.24, 2.45) is 11.7 Å². The smallest absolute Gasteiger partial charge is 0.332 e. The molecule has 1 amide bonds. The molecule has 0 heterocycles. The third-order valence-corrected chi connectivity index (χ3v) is 3.80. The number of nitrogens with zero attached hydrogens (tertiary/aromatic N) is 1. The summed E-state index contributed by atoms with van der Waals surface area (Å²) in [5.41, 5.74) is 5.76. The Morgan fingerprint density at radius 3 is 2.40 bits per heavy atom. The minimum absolute atomic E-state index is 0.238. The summed E-state index contributed by atoms with van der Waals surface area (Å²) >= 11 is 0. The maximum atomic E-state index is 12.5. The minimum atomic E-state index is -1.18. The Morgan fingerprint density at radius 2 is 1.90 bits per heavy atom. The summed E-state index contributed by atoms with van der Waals surface area (Å²) in [7, 11) is 0. The third kappa shape index (κ3) is 4.78. The molecule has 1 unspecified atom stereocenters. The van der Waals surface area contributed by atoms with E-state index in [0.29, 0.717) is 12.5 Å². The molecular weight excluding hydrogens is 256 g/mol. The number of nitrogens with two attached hydrogens (primary N) is 1. The highest BCUT2D eigenvalue weighted by atomic mass is 16.5. The van der Waals surface area contributed by atoms with Crippen LogP contribution >= 0.6 is 0 Å². The molecule has 116 valence electrons. The van der Waals surface area contributed by atoms with E-state index >= 15 is 0 Å². The summed E-state index contributed by atoms with van der Waals surface area (Å²) in [4.78, 5) is 25.9. The van der Waals surface area contributed by atoms with E-state index in [4.69, 9.17) is 10.5 Å². The number of hydrogen-bond acceptors (Lipinski definition) is 4. The zero-order valence-electron chi connectivity index (χ0n) is 12.9. The van der Waals surface area contributed by atoms with Gasteiger partial charge in [0.05, 0.1) is 6.61 Å². The average molecular weight is 284 g/mol. The van der Waals surface area contributed by atoms with Crippen molar-refractivity contribution in [1.29, 1.82) is 0 Å². The first-order chi connectivity index (χ1) is 9.47. The number of carbonyl (C=O) groups excluding carboxylic acids is 2. The highest BCUT2D eigenvalue weighted by Gasteiger charge is 2.33. The van der Waals surface area contributed by atoms with Crippen molar-refractivity contribution >= 4 is 11.9 Å². The van der Waals surface area contributed by atoms with E-state index in [1.54, 1.807) is 6.92 Å². The van der Waals surface area contributed by atoms with E-state index in [1.165, 1.54) is 0 Å². The van der Waals surface area contributed by atoms with Crippen LogP contribution in [0.5, 0.6) is 0 Å². The van der Waals surface area contributed by atoms with Crippen LogP contribution < -0.4 is 5.73 Å². The summed E-state index contributed by atoms with van der Waals surface area (Å²) in [6.07, 6.45) is 5.24. The fraction of sp³-hybridized carbons (Fsp3) is 0.867. The van der Waals surface area contributed by atoms with Crippen LogP contribution in [0.1, 0.15) is 52.9 Å². The van der Waals surface area contributed by atoms with Gasteiger partial charge in [0.2, 0.25) is 0 Å². The van der Waals surface area contributed by atoms with Gasteiger partial charge in [-0.15, -0.1) is 0 Å². The molecule has 5 nitrogen and oxygen atoms in total. The van der Waals surface area contributed by atoms with Gasteiger partial charge in [-0.2, -0.15) is 0 Å². The Labute approximate surface area is 121 Å². The van der Waals surface area contributed by atoms with Gasteiger partial charge in [-0.25, -0.2) is 4.79 Å². The van der Waals surface area contributed by atoms with Crippen LogP contribution in [-0.2, 0) is 14.3 Å². The van der Waals surface area contributed by atoms with Crippen molar-refractivity contribution in [2.45, 2.75) is 65.0 Å². The lowest BCUT2D eigenvalue weighted by molar-refractivity contribution is -0.151. The monoisotopic (exact) mass is 284 g/mol. The van der Waals surface area contributed by atoms with Crippen molar-refractivity contribution in [3.8, 4) is 0 Å². The molecule has 0 aromatic rings. The summed E-state index contributed by atoms with van der Waals surface area (Å²) in [5.74, 6) is -0.383. The highest BCUT2D eigenvalue weighted by molar-refractivity contribution is 6.01. The number of rotatable bonds is 7. The Morgan fingerprint density at radius 1 is 1.30 bits per heavy atom. The van der Waals surface area contributed by atoms with Crippen molar-refractivity contribution in [3.05, 3.63) is 0 Å². The van der Waals surface area contributed by atoms with Gasteiger partial charge in [-0.05, 0) is 32.1 Å². The zero-order chi connectivity index (χ0) is 15.1. The van der Waals surface area contributed by atoms with Crippen LogP contribution in [0.3, 0.4) is 0 Å². The molecule has 0 saturated heterocycles. The molecule has 1 saturated carbocycles. The van der Waals surface area contributed by atoms with Crippen LogP contribution in [0.25, 0.3) is 0 Å². The molecule has 0 aliphatic heterocycles. The van der Waals surface area contributed by atoms with Gasteiger partial charge in [0, 0.05) is 12.6 Å². The van der Waals surface area contributed by atoms with Crippen LogP contribution in [0, 0.1) is 5.92 Å². The largest absolute Gasteiger partial charge is 0.464 e. The number of hydrogen-bond donors (Lipinski definition) is 1. The van der Waals surface area contributed by atoms with E-state index in [9.17, 15) is 9.59 Å². The van der Waals surface area contributed by atoms with Gasteiger partial charge in [-0.1, -0.05) is 26.7 Å². The molecule has 1 aliphatic rings. The second-order valence-electron chi connectivity index (χ2n) is 5.88. The predicted molar refractivity (Wildman–Crippen MR) is 78.0 cm³/mol. The number of carbonyl (C=O) groups is 2. The molecule has 0 radical (unpaired) electrons. The number of esters is 1. The van der Waals surface area contributed by atoms with E-state index in [2.05, 4.69) is 13.8 Å². The molecule has 5 heteroatoms. The van der Waals surface area contributed by atoms with Crippen LogP contribution in [0.15, 0.2) is 0 Å².